The van der Waals surface area contributed by atoms with Gasteiger partial charge in [0, 0.05) is 24.8 Å². The molecule has 0 unspecified atom stereocenters. The number of hydrogen-bond acceptors (Lipinski definition) is 4. The Kier molecular flexibility index (Phi) is 8.73. The largest absolute Gasteiger partial charge is 0.467 e. The Morgan fingerprint density at radius 2 is 2.19 bits per heavy atom. The van der Waals surface area contributed by atoms with Crippen LogP contribution in [0.1, 0.15) is 23.7 Å². The molecule has 3 rings (SSSR count). The van der Waals surface area contributed by atoms with Gasteiger partial charge in [0.25, 0.3) is 0 Å². The lowest BCUT2D eigenvalue weighted by atomic mass is 10.1. The zero-order valence-corrected chi connectivity index (χ0v) is 17.5. The molecule has 0 amide bonds. The molecule has 2 N–H and O–H groups in total. The molecule has 0 bridgehead atoms. The molecule has 0 saturated heterocycles. The summed E-state index contributed by atoms with van der Waals surface area (Å²) in [5, 5.41) is 6.47. The second-order valence-corrected chi connectivity index (χ2v) is 5.86. The number of aliphatic imine (C=N–C) groups is 1. The summed E-state index contributed by atoms with van der Waals surface area (Å²) in [6, 6.07) is 8.73. The summed E-state index contributed by atoms with van der Waals surface area (Å²) in [7, 11) is 0. The van der Waals surface area contributed by atoms with Gasteiger partial charge in [0.1, 0.15) is 11.6 Å². The van der Waals surface area contributed by atoms with Gasteiger partial charge in [0.2, 0.25) is 0 Å². The van der Waals surface area contributed by atoms with E-state index >= 15 is 0 Å². The minimum Gasteiger partial charge on any atom is -0.467 e. The number of nitrogens with one attached hydrogen (secondary N) is 2. The van der Waals surface area contributed by atoms with Crippen molar-refractivity contribution in [2.24, 2.45) is 4.99 Å². The van der Waals surface area contributed by atoms with Gasteiger partial charge in [0.05, 0.1) is 18.8 Å². The Balaban J connectivity index is 0.00000261. The van der Waals surface area contributed by atoms with Crippen LogP contribution in [0.25, 0.3) is 0 Å². The molecule has 1 aliphatic heterocycles. The Hall–Kier alpha value is -1.94. The van der Waals surface area contributed by atoms with E-state index in [2.05, 4.69) is 20.6 Å². The van der Waals surface area contributed by atoms with Crippen LogP contribution in [0.4, 0.5) is 4.39 Å². The van der Waals surface area contributed by atoms with Crippen molar-refractivity contribution >= 4 is 29.9 Å². The van der Waals surface area contributed by atoms with Crippen molar-refractivity contribution in [3.8, 4) is 5.75 Å². The van der Waals surface area contributed by atoms with Crippen molar-refractivity contribution in [3.63, 3.8) is 0 Å². The standard InChI is InChI=1S/C19H23FN4O2.HI/c1-2-21-19(24-11-17-5-3-4-7-22-17)23-8-6-14-9-16(20)10-15-12-25-13-26-18(14)15;/h3-5,7,9-10H,2,6,8,11-13H2,1H3,(H2,21,23,24);1H. The Bertz CT molecular complexity index is 759. The number of hydrogen-bond donors (Lipinski definition) is 2. The summed E-state index contributed by atoms with van der Waals surface area (Å²) in [6.07, 6.45) is 2.37. The van der Waals surface area contributed by atoms with Crippen molar-refractivity contribution < 1.29 is 13.9 Å². The maximum atomic E-state index is 13.8. The van der Waals surface area contributed by atoms with E-state index in [1.54, 1.807) is 6.20 Å². The van der Waals surface area contributed by atoms with Crippen LogP contribution in [-0.4, -0.2) is 30.8 Å². The molecule has 6 nitrogen and oxygen atoms in total. The van der Waals surface area contributed by atoms with E-state index in [0.717, 1.165) is 29.1 Å². The Morgan fingerprint density at radius 1 is 1.30 bits per heavy atom. The predicted octanol–water partition coefficient (Wildman–Crippen LogP) is 3.00. The average Bonchev–Trinajstić information content (AvgIpc) is 2.66. The van der Waals surface area contributed by atoms with Gasteiger partial charge in [-0.25, -0.2) is 9.38 Å². The quantitative estimate of drug-likeness (QED) is 0.374. The fourth-order valence-corrected chi connectivity index (χ4v) is 2.75. The van der Waals surface area contributed by atoms with E-state index in [-0.39, 0.29) is 36.6 Å². The monoisotopic (exact) mass is 486 g/mol. The lowest BCUT2D eigenvalue weighted by Crippen LogP contribution is -2.38. The minimum atomic E-state index is -0.274. The first kappa shape index (κ1) is 21.4. The lowest BCUT2D eigenvalue weighted by molar-refractivity contribution is -0.0172. The summed E-state index contributed by atoms with van der Waals surface area (Å²) in [4.78, 5) is 8.79. The van der Waals surface area contributed by atoms with Crippen molar-refractivity contribution in [2.75, 3.05) is 19.9 Å². The molecule has 2 heterocycles. The summed E-state index contributed by atoms with van der Waals surface area (Å²) in [5.74, 6) is 1.16. The van der Waals surface area contributed by atoms with Crippen LogP contribution < -0.4 is 15.4 Å². The Labute approximate surface area is 175 Å². The second-order valence-electron chi connectivity index (χ2n) is 5.86. The molecule has 0 radical (unpaired) electrons. The third-order valence-electron chi connectivity index (χ3n) is 3.91. The van der Waals surface area contributed by atoms with Crippen LogP contribution in [0.3, 0.4) is 0 Å². The van der Waals surface area contributed by atoms with Gasteiger partial charge in [-0.05, 0) is 43.2 Å². The van der Waals surface area contributed by atoms with Crippen molar-refractivity contribution in [1.29, 1.82) is 0 Å². The first-order chi connectivity index (χ1) is 12.8. The molecular formula is C19H24FIN4O2. The number of guanidine groups is 1. The molecule has 0 spiro atoms. The van der Waals surface area contributed by atoms with Crippen LogP contribution in [0.5, 0.6) is 5.75 Å². The zero-order chi connectivity index (χ0) is 18.2. The summed E-state index contributed by atoms with van der Waals surface area (Å²) >= 11 is 0. The number of benzene rings is 1. The van der Waals surface area contributed by atoms with Gasteiger partial charge in [0.15, 0.2) is 12.8 Å². The van der Waals surface area contributed by atoms with E-state index in [9.17, 15) is 4.39 Å². The van der Waals surface area contributed by atoms with Crippen LogP contribution >= 0.6 is 24.0 Å². The van der Waals surface area contributed by atoms with Gasteiger partial charge < -0.3 is 20.1 Å². The van der Waals surface area contributed by atoms with Gasteiger partial charge in [-0.15, -0.1) is 24.0 Å². The molecule has 0 fully saturated rings. The van der Waals surface area contributed by atoms with E-state index in [1.807, 2.05) is 25.1 Å². The van der Waals surface area contributed by atoms with E-state index in [1.165, 1.54) is 12.1 Å². The van der Waals surface area contributed by atoms with Crippen LogP contribution in [-0.2, 0) is 24.3 Å². The molecule has 1 aliphatic rings. The topological polar surface area (TPSA) is 67.8 Å². The van der Waals surface area contributed by atoms with Gasteiger partial charge in [-0.2, -0.15) is 0 Å². The molecule has 0 aliphatic carbocycles. The minimum absolute atomic E-state index is 0. The van der Waals surface area contributed by atoms with E-state index in [0.29, 0.717) is 32.1 Å². The molecule has 0 atom stereocenters. The molecule has 2 aromatic rings. The first-order valence-corrected chi connectivity index (χ1v) is 8.70. The number of pyridine rings is 1. The van der Waals surface area contributed by atoms with Crippen molar-refractivity contribution in [2.45, 2.75) is 26.5 Å². The summed E-state index contributed by atoms with van der Waals surface area (Å²) in [6.45, 7) is 4.44. The highest BCUT2D eigenvalue weighted by molar-refractivity contribution is 14.0. The number of halogens is 2. The van der Waals surface area contributed by atoms with Gasteiger partial charge in [-0.3, -0.25) is 4.98 Å². The van der Waals surface area contributed by atoms with Crippen LogP contribution in [0.2, 0.25) is 0 Å². The van der Waals surface area contributed by atoms with Crippen molar-refractivity contribution in [1.82, 2.24) is 15.6 Å². The third-order valence-corrected chi connectivity index (χ3v) is 3.91. The lowest BCUT2D eigenvalue weighted by Gasteiger charge is -2.21. The number of fused-ring (bicyclic) bond motifs is 1. The Morgan fingerprint density at radius 3 is 2.96 bits per heavy atom. The average molecular weight is 486 g/mol. The number of ether oxygens (including phenoxy) is 2. The fourth-order valence-electron chi connectivity index (χ4n) is 2.75. The molecule has 1 aromatic heterocycles. The predicted molar refractivity (Wildman–Crippen MR) is 113 cm³/mol. The molecule has 146 valence electrons. The number of nitrogens with zero attached hydrogens (tertiary/aromatic N) is 2. The first-order valence-electron chi connectivity index (χ1n) is 8.70. The second kappa shape index (κ2) is 11.0. The van der Waals surface area contributed by atoms with E-state index < -0.39 is 0 Å². The van der Waals surface area contributed by atoms with E-state index in [4.69, 9.17) is 9.47 Å². The maximum absolute atomic E-state index is 13.8. The summed E-state index contributed by atoms with van der Waals surface area (Å²) < 4.78 is 24.6. The van der Waals surface area contributed by atoms with Crippen LogP contribution in [0.15, 0.2) is 41.5 Å². The zero-order valence-electron chi connectivity index (χ0n) is 15.2. The molecule has 27 heavy (non-hydrogen) atoms. The number of rotatable bonds is 6. The highest BCUT2D eigenvalue weighted by Gasteiger charge is 2.16. The smallest absolute Gasteiger partial charge is 0.191 e. The third kappa shape index (κ3) is 6.31. The highest BCUT2D eigenvalue weighted by atomic mass is 127. The van der Waals surface area contributed by atoms with Crippen molar-refractivity contribution in [3.05, 3.63) is 59.2 Å². The summed E-state index contributed by atoms with van der Waals surface area (Å²) in [5.41, 5.74) is 2.48. The highest BCUT2D eigenvalue weighted by Crippen LogP contribution is 2.29. The molecule has 1 aromatic carbocycles. The SMILES string of the molecule is CCNC(=NCc1ccccn1)NCCc1cc(F)cc2c1OCOC2.I. The van der Waals surface area contributed by atoms with Gasteiger partial charge >= 0.3 is 0 Å². The molecule has 8 heteroatoms. The molecule has 0 saturated carbocycles. The fraction of sp³-hybridized carbons (Fsp3) is 0.368. The molecular weight excluding hydrogens is 462 g/mol. The normalized spacial score (nSPS) is 13.2. The maximum Gasteiger partial charge on any atom is 0.191 e. The van der Waals surface area contributed by atoms with Gasteiger partial charge in [-0.1, -0.05) is 6.07 Å². The number of aromatic nitrogens is 1. The van der Waals surface area contributed by atoms with Crippen LogP contribution in [0, 0.1) is 5.82 Å².